The first-order chi connectivity index (χ1) is 7.64. The van der Waals surface area contributed by atoms with E-state index in [4.69, 9.17) is 4.74 Å². The summed E-state index contributed by atoms with van der Waals surface area (Å²) in [5, 5.41) is 0. The second kappa shape index (κ2) is 2.97. The van der Waals surface area contributed by atoms with E-state index in [1.165, 1.54) is 5.56 Å². The number of benzene rings is 1. The summed E-state index contributed by atoms with van der Waals surface area (Å²) in [7, 11) is 0. The van der Waals surface area contributed by atoms with Gasteiger partial charge in [-0.3, -0.25) is 4.79 Å². The van der Waals surface area contributed by atoms with Gasteiger partial charge in [0.15, 0.2) is 0 Å². The molecule has 2 heteroatoms. The minimum atomic E-state index is -0.471. The quantitative estimate of drug-likeness (QED) is 0.377. The lowest BCUT2D eigenvalue weighted by molar-refractivity contribution is -0.136. The van der Waals surface area contributed by atoms with Gasteiger partial charge in [0.2, 0.25) is 0 Å². The first-order valence-corrected chi connectivity index (χ1v) is 5.65. The third-order valence-electron chi connectivity index (χ3n) is 3.79. The minimum Gasteiger partial charge on any atom is -0.425 e. The minimum absolute atomic E-state index is 0.0978. The maximum absolute atomic E-state index is 12.1. The number of aryl methyl sites for hydroxylation is 1. The smallest absolute Gasteiger partial charge is 0.326 e. The number of hydrogen-bond donors (Lipinski definition) is 0. The van der Waals surface area contributed by atoms with Gasteiger partial charge in [0.25, 0.3) is 0 Å². The van der Waals surface area contributed by atoms with Crippen molar-refractivity contribution in [1.29, 1.82) is 0 Å². The van der Waals surface area contributed by atoms with E-state index in [0.29, 0.717) is 0 Å². The van der Waals surface area contributed by atoms with Gasteiger partial charge in [-0.15, -0.1) is 0 Å². The van der Waals surface area contributed by atoms with Gasteiger partial charge in [0.05, 0.1) is 0 Å². The maximum atomic E-state index is 12.1. The number of rotatable bonds is 0. The Labute approximate surface area is 94.9 Å². The molecule has 0 saturated carbocycles. The second-order valence-corrected chi connectivity index (χ2v) is 4.72. The molecule has 1 heterocycles. The van der Waals surface area contributed by atoms with E-state index in [-0.39, 0.29) is 5.97 Å². The van der Waals surface area contributed by atoms with Crippen molar-refractivity contribution < 1.29 is 9.53 Å². The molecule has 0 saturated heterocycles. The summed E-state index contributed by atoms with van der Waals surface area (Å²) in [4.78, 5) is 12.1. The van der Waals surface area contributed by atoms with Crippen LogP contribution in [0.25, 0.3) is 0 Å². The summed E-state index contributed by atoms with van der Waals surface area (Å²) < 4.78 is 5.39. The summed E-state index contributed by atoms with van der Waals surface area (Å²) in [5.74, 6) is 0.643. The predicted octanol–water partition coefficient (Wildman–Crippen LogP) is 2.89. The zero-order valence-corrected chi connectivity index (χ0v) is 9.54. The Morgan fingerprint density at radius 3 is 2.81 bits per heavy atom. The molecule has 0 bridgehead atoms. The third-order valence-corrected chi connectivity index (χ3v) is 3.79. The Kier molecular flexibility index (Phi) is 1.79. The van der Waals surface area contributed by atoms with Crippen LogP contribution in [-0.4, -0.2) is 5.97 Å². The largest absolute Gasteiger partial charge is 0.425 e. The van der Waals surface area contributed by atoms with Gasteiger partial charge in [-0.2, -0.15) is 0 Å². The van der Waals surface area contributed by atoms with Crippen LogP contribution in [0.3, 0.4) is 0 Å². The SMILES string of the molecule is CC1=CCC[C@]12C(=O)Oc1ccc(C)cc12. The molecule has 82 valence electrons. The van der Waals surface area contributed by atoms with E-state index in [0.717, 1.165) is 29.7 Å². The van der Waals surface area contributed by atoms with Crippen LogP contribution in [-0.2, 0) is 10.2 Å². The van der Waals surface area contributed by atoms with Crippen molar-refractivity contribution in [2.75, 3.05) is 0 Å². The molecule has 0 unspecified atom stereocenters. The van der Waals surface area contributed by atoms with Crippen molar-refractivity contribution in [1.82, 2.24) is 0 Å². The van der Waals surface area contributed by atoms with Crippen LogP contribution >= 0.6 is 0 Å². The Balaban J connectivity index is 2.26. The van der Waals surface area contributed by atoms with Gasteiger partial charge in [0, 0.05) is 5.56 Å². The zero-order chi connectivity index (χ0) is 11.3. The lowest BCUT2D eigenvalue weighted by Crippen LogP contribution is -2.32. The molecule has 16 heavy (non-hydrogen) atoms. The Morgan fingerprint density at radius 2 is 2.12 bits per heavy atom. The molecule has 2 aliphatic rings. The fourth-order valence-corrected chi connectivity index (χ4v) is 2.85. The van der Waals surface area contributed by atoms with Gasteiger partial charge < -0.3 is 4.74 Å². The van der Waals surface area contributed by atoms with Crippen LogP contribution in [0.5, 0.6) is 5.75 Å². The van der Waals surface area contributed by atoms with Gasteiger partial charge >= 0.3 is 5.97 Å². The van der Waals surface area contributed by atoms with Crippen molar-refractivity contribution in [3.05, 3.63) is 41.0 Å². The number of fused-ring (bicyclic) bond motifs is 2. The van der Waals surface area contributed by atoms with Gasteiger partial charge in [-0.1, -0.05) is 29.3 Å². The molecule has 1 aliphatic heterocycles. The fraction of sp³-hybridized carbons (Fsp3) is 0.357. The zero-order valence-electron chi connectivity index (χ0n) is 9.54. The Morgan fingerprint density at radius 1 is 1.31 bits per heavy atom. The summed E-state index contributed by atoms with van der Waals surface area (Å²) in [6, 6.07) is 5.98. The number of carbonyl (C=O) groups excluding carboxylic acids is 1. The van der Waals surface area contributed by atoms with E-state index in [2.05, 4.69) is 12.1 Å². The van der Waals surface area contributed by atoms with E-state index in [1.807, 2.05) is 26.0 Å². The van der Waals surface area contributed by atoms with Crippen LogP contribution < -0.4 is 4.74 Å². The standard InChI is InChI=1S/C14H14O2/c1-9-5-6-12-11(8-9)14(13(15)16-12)7-3-4-10(14)2/h4-6,8H,3,7H2,1-2H3/t14-/m0/s1. The predicted molar refractivity (Wildman–Crippen MR) is 61.5 cm³/mol. The molecular weight excluding hydrogens is 200 g/mol. The van der Waals surface area contributed by atoms with E-state index >= 15 is 0 Å². The monoisotopic (exact) mass is 214 g/mol. The molecule has 1 aliphatic carbocycles. The third kappa shape index (κ3) is 0.993. The average molecular weight is 214 g/mol. The first kappa shape index (κ1) is 9.64. The van der Waals surface area contributed by atoms with Gasteiger partial charge in [-0.05, 0) is 32.8 Å². The van der Waals surface area contributed by atoms with Crippen molar-refractivity contribution in [3.63, 3.8) is 0 Å². The van der Waals surface area contributed by atoms with E-state index in [1.54, 1.807) is 0 Å². The molecule has 0 fully saturated rings. The lowest BCUT2D eigenvalue weighted by atomic mass is 9.76. The molecule has 1 atom stereocenters. The average Bonchev–Trinajstić information content (AvgIpc) is 2.75. The normalized spacial score (nSPS) is 26.9. The second-order valence-electron chi connectivity index (χ2n) is 4.72. The summed E-state index contributed by atoms with van der Waals surface area (Å²) in [6.07, 6.45) is 3.97. The van der Waals surface area contributed by atoms with Gasteiger partial charge in [-0.25, -0.2) is 0 Å². The molecule has 1 spiro atoms. The van der Waals surface area contributed by atoms with Crippen molar-refractivity contribution in [3.8, 4) is 5.75 Å². The maximum Gasteiger partial charge on any atom is 0.326 e. The number of hydrogen-bond acceptors (Lipinski definition) is 2. The van der Waals surface area contributed by atoms with Crippen molar-refractivity contribution >= 4 is 5.97 Å². The Hall–Kier alpha value is -1.57. The highest BCUT2D eigenvalue weighted by Gasteiger charge is 2.51. The number of carbonyl (C=O) groups is 1. The fourth-order valence-electron chi connectivity index (χ4n) is 2.85. The van der Waals surface area contributed by atoms with Crippen molar-refractivity contribution in [2.45, 2.75) is 32.1 Å². The highest BCUT2D eigenvalue weighted by molar-refractivity contribution is 5.94. The summed E-state index contributed by atoms with van der Waals surface area (Å²) in [6.45, 7) is 4.08. The molecule has 0 N–H and O–H groups in total. The van der Waals surface area contributed by atoms with E-state index in [9.17, 15) is 4.79 Å². The Bertz CT molecular complexity index is 513. The topological polar surface area (TPSA) is 26.3 Å². The lowest BCUT2D eigenvalue weighted by Gasteiger charge is -2.21. The van der Waals surface area contributed by atoms with Crippen LogP contribution in [0.4, 0.5) is 0 Å². The summed E-state index contributed by atoms with van der Waals surface area (Å²) >= 11 is 0. The molecule has 0 amide bonds. The molecule has 0 aromatic heterocycles. The number of ether oxygens (including phenoxy) is 1. The van der Waals surface area contributed by atoms with Crippen LogP contribution in [0, 0.1) is 6.92 Å². The molecule has 0 radical (unpaired) electrons. The van der Waals surface area contributed by atoms with Crippen LogP contribution in [0.2, 0.25) is 0 Å². The molecule has 3 rings (SSSR count). The van der Waals surface area contributed by atoms with Crippen LogP contribution in [0.1, 0.15) is 30.9 Å². The molecule has 2 nitrogen and oxygen atoms in total. The molecular formula is C14H14O2. The van der Waals surface area contributed by atoms with Crippen LogP contribution in [0.15, 0.2) is 29.8 Å². The van der Waals surface area contributed by atoms with E-state index < -0.39 is 5.41 Å². The number of esters is 1. The number of allylic oxidation sites excluding steroid dienone is 1. The highest BCUT2D eigenvalue weighted by atomic mass is 16.5. The van der Waals surface area contributed by atoms with Crippen molar-refractivity contribution in [2.24, 2.45) is 0 Å². The molecule has 1 aromatic carbocycles. The first-order valence-electron chi connectivity index (χ1n) is 5.65. The highest BCUT2D eigenvalue weighted by Crippen LogP contribution is 2.50. The van der Waals surface area contributed by atoms with Gasteiger partial charge in [0.1, 0.15) is 11.2 Å². The molecule has 1 aromatic rings. The summed E-state index contributed by atoms with van der Waals surface area (Å²) in [5.41, 5.74) is 2.91.